The summed E-state index contributed by atoms with van der Waals surface area (Å²) in [7, 11) is 3.64. The summed E-state index contributed by atoms with van der Waals surface area (Å²) in [5.74, 6) is -0.0942. The molecular weight excluding hydrogens is 322 g/mol. The number of nitrogens with zero attached hydrogens (tertiary/aromatic N) is 5. The molecule has 2 aromatic carbocycles. The van der Waals surface area contributed by atoms with Crippen molar-refractivity contribution in [1.82, 2.24) is 23.4 Å². The van der Waals surface area contributed by atoms with Crippen LogP contribution in [0.25, 0.3) is 21.9 Å². The van der Waals surface area contributed by atoms with Crippen LogP contribution in [0, 0.1) is 0 Å². The molecule has 0 bridgehead atoms. The van der Waals surface area contributed by atoms with E-state index < -0.39 is 0 Å². The van der Waals surface area contributed by atoms with E-state index in [0.29, 0.717) is 12.2 Å². The first-order chi connectivity index (χ1) is 11.6. The van der Waals surface area contributed by atoms with Crippen LogP contribution in [-0.2, 0) is 13.6 Å². The number of carbonyl (C=O) groups excluding carboxylic acids is 1. The summed E-state index contributed by atoms with van der Waals surface area (Å²) in [4.78, 5) is 14.5. The molecule has 0 aliphatic heterocycles. The van der Waals surface area contributed by atoms with E-state index in [1.54, 1.807) is 16.6 Å². The Morgan fingerprint density at radius 2 is 1.96 bits per heavy atom. The van der Waals surface area contributed by atoms with Gasteiger partial charge in [-0.2, -0.15) is 13.8 Å². The molecule has 0 saturated carbocycles. The maximum absolute atomic E-state index is 12.8. The summed E-state index contributed by atoms with van der Waals surface area (Å²) in [6.07, 6.45) is 0. The summed E-state index contributed by atoms with van der Waals surface area (Å²) in [6, 6.07) is 13.6. The smallest absolute Gasteiger partial charge is 0.275 e. The van der Waals surface area contributed by atoms with Crippen LogP contribution in [0.5, 0.6) is 0 Å². The summed E-state index contributed by atoms with van der Waals surface area (Å²) < 4.78 is 10.2. The van der Waals surface area contributed by atoms with E-state index in [2.05, 4.69) is 13.8 Å². The van der Waals surface area contributed by atoms with E-state index >= 15 is 0 Å². The van der Waals surface area contributed by atoms with E-state index in [-0.39, 0.29) is 5.91 Å². The van der Waals surface area contributed by atoms with Gasteiger partial charge in [-0.1, -0.05) is 24.3 Å². The van der Waals surface area contributed by atoms with Gasteiger partial charge in [0.15, 0.2) is 5.69 Å². The van der Waals surface area contributed by atoms with Crippen LogP contribution in [-0.4, -0.2) is 36.4 Å². The summed E-state index contributed by atoms with van der Waals surface area (Å²) >= 11 is 1.19. The predicted molar refractivity (Wildman–Crippen MR) is 93.9 cm³/mol. The third-order valence-corrected chi connectivity index (χ3v) is 4.60. The number of para-hydroxylation sites is 1. The molecule has 0 atom stereocenters. The molecule has 0 aliphatic rings. The molecule has 120 valence electrons. The number of rotatable bonds is 3. The fourth-order valence-electron chi connectivity index (χ4n) is 2.82. The first-order valence-electron chi connectivity index (χ1n) is 7.52. The second kappa shape index (κ2) is 5.68. The second-order valence-corrected chi connectivity index (χ2v) is 6.27. The number of amides is 1. The highest BCUT2D eigenvalue weighted by molar-refractivity contribution is 7.00. The van der Waals surface area contributed by atoms with Gasteiger partial charge in [0.2, 0.25) is 0 Å². The van der Waals surface area contributed by atoms with E-state index in [1.165, 1.54) is 11.7 Å². The topological polar surface area (TPSA) is 63.9 Å². The summed E-state index contributed by atoms with van der Waals surface area (Å²) in [6.45, 7) is 0.497. The van der Waals surface area contributed by atoms with Crippen LogP contribution >= 0.6 is 11.7 Å². The Bertz CT molecular complexity index is 1050. The Labute approximate surface area is 142 Å². The molecule has 24 heavy (non-hydrogen) atoms. The van der Waals surface area contributed by atoms with Crippen molar-refractivity contribution in [3.8, 4) is 0 Å². The minimum Gasteiger partial charge on any atom is -0.336 e. The van der Waals surface area contributed by atoms with Gasteiger partial charge in [-0.05, 0) is 23.8 Å². The summed E-state index contributed by atoms with van der Waals surface area (Å²) in [5, 5.41) is 5.27. The quantitative estimate of drug-likeness (QED) is 0.577. The van der Waals surface area contributed by atoms with Crippen LogP contribution < -0.4 is 0 Å². The van der Waals surface area contributed by atoms with Crippen LogP contribution in [0.1, 0.15) is 16.1 Å². The largest absolute Gasteiger partial charge is 0.336 e. The Hall–Kier alpha value is -2.80. The van der Waals surface area contributed by atoms with Gasteiger partial charge in [0.05, 0.1) is 17.2 Å². The molecule has 0 saturated heterocycles. The monoisotopic (exact) mass is 337 g/mol. The van der Waals surface area contributed by atoms with Gasteiger partial charge < -0.3 is 4.90 Å². The number of aryl methyl sites for hydroxylation is 1. The van der Waals surface area contributed by atoms with Gasteiger partial charge in [-0.15, -0.1) is 0 Å². The third kappa shape index (κ3) is 2.43. The minimum atomic E-state index is -0.0942. The molecule has 0 unspecified atom stereocenters. The highest BCUT2D eigenvalue weighted by Crippen LogP contribution is 2.20. The lowest BCUT2D eigenvalue weighted by atomic mass is 10.1. The van der Waals surface area contributed by atoms with Crippen LogP contribution in [0.4, 0.5) is 0 Å². The molecule has 0 radical (unpaired) electrons. The van der Waals surface area contributed by atoms with Crippen molar-refractivity contribution in [1.29, 1.82) is 0 Å². The molecule has 7 heteroatoms. The Kier molecular flexibility index (Phi) is 3.50. The van der Waals surface area contributed by atoms with E-state index in [9.17, 15) is 4.79 Å². The van der Waals surface area contributed by atoms with Gasteiger partial charge in [0.1, 0.15) is 11.0 Å². The zero-order valence-corrected chi connectivity index (χ0v) is 14.1. The van der Waals surface area contributed by atoms with E-state index in [4.69, 9.17) is 0 Å². The van der Waals surface area contributed by atoms with Crippen LogP contribution in [0.2, 0.25) is 0 Å². The Morgan fingerprint density at radius 3 is 2.83 bits per heavy atom. The zero-order chi connectivity index (χ0) is 16.7. The van der Waals surface area contributed by atoms with Gasteiger partial charge in [0, 0.05) is 26.0 Å². The number of hydrogen-bond acceptors (Lipinski definition) is 5. The fraction of sp³-hybridized carbons (Fsp3) is 0.176. The van der Waals surface area contributed by atoms with Gasteiger partial charge >= 0.3 is 0 Å². The molecule has 0 spiro atoms. The zero-order valence-electron chi connectivity index (χ0n) is 13.3. The third-order valence-electron chi connectivity index (χ3n) is 4.04. The van der Waals surface area contributed by atoms with E-state index in [1.807, 2.05) is 49.5 Å². The van der Waals surface area contributed by atoms with Crippen molar-refractivity contribution in [3.05, 3.63) is 53.7 Å². The molecule has 0 N–H and O–H groups in total. The maximum atomic E-state index is 12.8. The number of fused-ring (bicyclic) bond motifs is 2. The second-order valence-electron chi connectivity index (χ2n) is 5.74. The number of aromatic nitrogens is 4. The lowest BCUT2D eigenvalue weighted by Crippen LogP contribution is -2.26. The normalized spacial score (nSPS) is 11.2. The SMILES string of the molecule is CN(Cc1ccc2nsnc2c1)C(=O)c1nn(C)c2ccccc12. The average molecular weight is 337 g/mol. The van der Waals surface area contributed by atoms with Crippen molar-refractivity contribution < 1.29 is 4.79 Å². The fourth-order valence-corrected chi connectivity index (χ4v) is 3.34. The molecule has 2 aromatic heterocycles. The van der Waals surface area contributed by atoms with Crippen molar-refractivity contribution in [2.45, 2.75) is 6.54 Å². The number of benzene rings is 2. The van der Waals surface area contributed by atoms with Crippen LogP contribution in [0.15, 0.2) is 42.5 Å². The number of hydrogen-bond donors (Lipinski definition) is 0. The van der Waals surface area contributed by atoms with Gasteiger partial charge in [-0.3, -0.25) is 9.48 Å². The van der Waals surface area contributed by atoms with Crippen molar-refractivity contribution in [2.75, 3.05) is 7.05 Å². The van der Waals surface area contributed by atoms with Crippen LogP contribution in [0.3, 0.4) is 0 Å². The first kappa shape index (κ1) is 14.8. The summed E-state index contributed by atoms with van der Waals surface area (Å²) in [5.41, 5.74) is 4.19. The Balaban J connectivity index is 1.63. The maximum Gasteiger partial charge on any atom is 0.275 e. The standard InChI is InChI=1S/C17H15N5OS/c1-21(10-11-7-8-13-14(9-11)20-24-19-13)17(23)16-12-5-3-4-6-15(12)22(2)18-16/h3-9H,10H2,1-2H3. The van der Waals surface area contributed by atoms with Gasteiger partial charge in [-0.25, -0.2) is 0 Å². The minimum absolute atomic E-state index is 0.0942. The first-order valence-corrected chi connectivity index (χ1v) is 8.25. The molecule has 4 aromatic rings. The van der Waals surface area contributed by atoms with Crippen molar-refractivity contribution in [3.63, 3.8) is 0 Å². The average Bonchev–Trinajstić information content (AvgIpc) is 3.19. The molecule has 0 aliphatic carbocycles. The predicted octanol–water partition coefficient (Wildman–Crippen LogP) is 2.85. The molecule has 6 nitrogen and oxygen atoms in total. The highest BCUT2D eigenvalue weighted by Gasteiger charge is 2.19. The van der Waals surface area contributed by atoms with Gasteiger partial charge in [0.25, 0.3) is 5.91 Å². The molecular formula is C17H15N5OS. The molecule has 1 amide bonds. The lowest BCUT2D eigenvalue weighted by molar-refractivity contribution is 0.0780. The van der Waals surface area contributed by atoms with E-state index in [0.717, 1.165) is 27.5 Å². The number of carbonyl (C=O) groups is 1. The molecule has 4 rings (SSSR count). The van der Waals surface area contributed by atoms with Crippen molar-refractivity contribution in [2.24, 2.45) is 7.05 Å². The molecule has 0 fully saturated rings. The highest BCUT2D eigenvalue weighted by atomic mass is 32.1. The lowest BCUT2D eigenvalue weighted by Gasteiger charge is -2.16. The Morgan fingerprint density at radius 1 is 1.17 bits per heavy atom. The van der Waals surface area contributed by atoms with Crippen molar-refractivity contribution >= 4 is 39.6 Å². The molecule has 2 heterocycles.